The van der Waals surface area contributed by atoms with Crippen molar-refractivity contribution in [1.82, 2.24) is 5.32 Å². The Balaban J connectivity index is 2.44. The summed E-state index contributed by atoms with van der Waals surface area (Å²) in [5.41, 5.74) is 1.35. The van der Waals surface area contributed by atoms with Gasteiger partial charge in [-0.15, -0.1) is 0 Å². The van der Waals surface area contributed by atoms with Crippen molar-refractivity contribution < 1.29 is 0 Å². The Morgan fingerprint density at radius 1 is 1.50 bits per heavy atom. The first-order chi connectivity index (χ1) is 6.62. The van der Waals surface area contributed by atoms with Gasteiger partial charge in [0, 0.05) is 15.0 Å². The van der Waals surface area contributed by atoms with Crippen molar-refractivity contribution in [3.63, 3.8) is 0 Å². The SMILES string of the molecule is CC1(c2cc(Cl)ccc2Br)CCCN1. The molecule has 1 saturated heterocycles. The molecule has 1 nitrogen and oxygen atoms in total. The summed E-state index contributed by atoms with van der Waals surface area (Å²) in [4.78, 5) is 0. The van der Waals surface area contributed by atoms with Crippen LogP contribution in [0.1, 0.15) is 25.3 Å². The lowest BCUT2D eigenvalue weighted by Gasteiger charge is -2.26. The molecule has 1 aromatic rings. The van der Waals surface area contributed by atoms with Crippen molar-refractivity contribution >= 4 is 27.5 Å². The van der Waals surface area contributed by atoms with E-state index >= 15 is 0 Å². The highest BCUT2D eigenvalue weighted by atomic mass is 79.9. The van der Waals surface area contributed by atoms with Gasteiger partial charge in [0.15, 0.2) is 0 Å². The van der Waals surface area contributed by atoms with Gasteiger partial charge in [-0.1, -0.05) is 27.5 Å². The van der Waals surface area contributed by atoms with Gasteiger partial charge in [0.25, 0.3) is 0 Å². The Hall–Kier alpha value is -0.0500. The lowest BCUT2D eigenvalue weighted by atomic mass is 9.91. The minimum absolute atomic E-state index is 0.0870. The molecule has 1 aliphatic rings. The van der Waals surface area contributed by atoms with Crippen molar-refractivity contribution in [3.8, 4) is 0 Å². The minimum atomic E-state index is 0.0870. The minimum Gasteiger partial charge on any atom is -0.308 e. The second-order valence-electron chi connectivity index (χ2n) is 3.99. The molecular formula is C11H13BrClN. The van der Waals surface area contributed by atoms with Gasteiger partial charge in [-0.3, -0.25) is 0 Å². The zero-order valence-corrected chi connectivity index (χ0v) is 10.5. The van der Waals surface area contributed by atoms with Gasteiger partial charge in [0.1, 0.15) is 0 Å². The fraction of sp³-hybridized carbons (Fsp3) is 0.455. The number of hydrogen-bond donors (Lipinski definition) is 1. The fourth-order valence-electron chi connectivity index (χ4n) is 2.04. The van der Waals surface area contributed by atoms with Crippen molar-refractivity contribution in [2.24, 2.45) is 0 Å². The molecule has 0 bridgehead atoms. The van der Waals surface area contributed by atoms with Crippen LogP contribution < -0.4 is 5.32 Å². The van der Waals surface area contributed by atoms with E-state index in [0.717, 1.165) is 16.0 Å². The fourth-order valence-corrected chi connectivity index (χ4v) is 2.90. The van der Waals surface area contributed by atoms with E-state index in [2.05, 4.69) is 28.2 Å². The number of hydrogen-bond acceptors (Lipinski definition) is 1. The molecule has 0 radical (unpaired) electrons. The molecule has 0 amide bonds. The van der Waals surface area contributed by atoms with Crippen molar-refractivity contribution in [3.05, 3.63) is 33.3 Å². The monoisotopic (exact) mass is 273 g/mol. The molecule has 76 valence electrons. The Kier molecular flexibility index (Phi) is 2.87. The Morgan fingerprint density at radius 2 is 2.29 bits per heavy atom. The van der Waals surface area contributed by atoms with Crippen LogP contribution in [0, 0.1) is 0 Å². The lowest BCUT2D eigenvalue weighted by Crippen LogP contribution is -2.33. The summed E-state index contributed by atoms with van der Waals surface area (Å²) in [6.45, 7) is 3.33. The van der Waals surface area contributed by atoms with E-state index in [1.807, 2.05) is 18.2 Å². The maximum absolute atomic E-state index is 6.01. The summed E-state index contributed by atoms with van der Waals surface area (Å²) in [6.07, 6.45) is 2.40. The van der Waals surface area contributed by atoms with E-state index < -0.39 is 0 Å². The van der Waals surface area contributed by atoms with Gasteiger partial charge in [0.05, 0.1) is 0 Å². The van der Waals surface area contributed by atoms with Gasteiger partial charge in [-0.25, -0.2) is 0 Å². The molecule has 1 heterocycles. The summed E-state index contributed by atoms with van der Waals surface area (Å²) >= 11 is 9.59. The number of benzene rings is 1. The zero-order chi connectivity index (χ0) is 10.2. The molecule has 14 heavy (non-hydrogen) atoms. The quantitative estimate of drug-likeness (QED) is 0.823. The smallest absolute Gasteiger partial charge is 0.0418 e. The van der Waals surface area contributed by atoms with Crippen LogP contribution in [0.2, 0.25) is 5.02 Å². The third-order valence-corrected chi connectivity index (χ3v) is 3.82. The van der Waals surface area contributed by atoms with Gasteiger partial charge < -0.3 is 5.32 Å². The third-order valence-electron chi connectivity index (χ3n) is 2.89. The second-order valence-corrected chi connectivity index (χ2v) is 5.28. The maximum atomic E-state index is 6.01. The predicted octanol–water partition coefficient (Wildman–Crippen LogP) is 3.70. The molecule has 1 aromatic carbocycles. The zero-order valence-electron chi connectivity index (χ0n) is 8.11. The van der Waals surface area contributed by atoms with E-state index in [4.69, 9.17) is 11.6 Å². The van der Waals surface area contributed by atoms with Crippen LogP contribution in [0.25, 0.3) is 0 Å². The first-order valence-corrected chi connectivity index (χ1v) is 5.99. The van der Waals surface area contributed by atoms with Gasteiger partial charge in [-0.05, 0) is 50.1 Å². The Labute approximate surface area is 98.0 Å². The lowest BCUT2D eigenvalue weighted by molar-refractivity contribution is 0.433. The van der Waals surface area contributed by atoms with Gasteiger partial charge >= 0.3 is 0 Å². The average molecular weight is 275 g/mol. The summed E-state index contributed by atoms with van der Waals surface area (Å²) in [6, 6.07) is 5.97. The van der Waals surface area contributed by atoms with Crippen LogP contribution in [0.4, 0.5) is 0 Å². The summed E-state index contributed by atoms with van der Waals surface area (Å²) in [5.74, 6) is 0. The Bertz CT molecular complexity index is 345. The third kappa shape index (κ3) is 1.83. The van der Waals surface area contributed by atoms with E-state index in [9.17, 15) is 0 Å². The molecular weight excluding hydrogens is 261 g/mol. The molecule has 0 aromatic heterocycles. The average Bonchev–Trinajstić information content (AvgIpc) is 2.58. The highest BCUT2D eigenvalue weighted by molar-refractivity contribution is 9.10. The highest BCUT2D eigenvalue weighted by Crippen LogP contribution is 2.36. The van der Waals surface area contributed by atoms with Crippen LogP contribution in [-0.4, -0.2) is 6.54 Å². The molecule has 0 aliphatic carbocycles. The topological polar surface area (TPSA) is 12.0 Å². The second kappa shape index (κ2) is 3.84. The highest BCUT2D eigenvalue weighted by Gasteiger charge is 2.31. The van der Waals surface area contributed by atoms with Crippen LogP contribution in [0.3, 0.4) is 0 Å². The molecule has 1 atom stereocenters. The van der Waals surface area contributed by atoms with E-state index in [-0.39, 0.29) is 5.54 Å². The van der Waals surface area contributed by atoms with Crippen LogP contribution in [0.5, 0.6) is 0 Å². The molecule has 1 unspecified atom stereocenters. The molecule has 3 heteroatoms. The van der Waals surface area contributed by atoms with Crippen LogP contribution >= 0.6 is 27.5 Å². The summed E-state index contributed by atoms with van der Waals surface area (Å²) < 4.78 is 1.14. The Morgan fingerprint density at radius 3 is 2.93 bits per heavy atom. The predicted molar refractivity (Wildman–Crippen MR) is 63.7 cm³/mol. The standard InChI is InChI=1S/C11H13BrClN/c1-11(5-2-6-14-11)9-7-8(13)3-4-10(9)12/h3-4,7,14H,2,5-6H2,1H3. The molecule has 1 N–H and O–H groups in total. The van der Waals surface area contributed by atoms with E-state index in [0.29, 0.717) is 0 Å². The summed E-state index contributed by atoms with van der Waals surface area (Å²) in [7, 11) is 0. The van der Waals surface area contributed by atoms with Crippen LogP contribution in [-0.2, 0) is 5.54 Å². The van der Waals surface area contributed by atoms with Gasteiger partial charge in [0.2, 0.25) is 0 Å². The van der Waals surface area contributed by atoms with E-state index in [1.165, 1.54) is 18.4 Å². The first-order valence-electron chi connectivity index (χ1n) is 4.82. The normalized spacial score (nSPS) is 26.8. The van der Waals surface area contributed by atoms with Crippen LogP contribution in [0.15, 0.2) is 22.7 Å². The maximum Gasteiger partial charge on any atom is 0.0418 e. The van der Waals surface area contributed by atoms with Crippen molar-refractivity contribution in [2.75, 3.05) is 6.54 Å². The summed E-state index contributed by atoms with van der Waals surface area (Å²) in [5, 5.41) is 4.33. The number of halogens is 2. The largest absolute Gasteiger partial charge is 0.308 e. The van der Waals surface area contributed by atoms with Crippen molar-refractivity contribution in [2.45, 2.75) is 25.3 Å². The molecule has 1 aliphatic heterocycles. The van der Waals surface area contributed by atoms with Crippen molar-refractivity contribution in [1.29, 1.82) is 0 Å². The van der Waals surface area contributed by atoms with Gasteiger partial charge in [-0.2, -0.15) is 0 Å². The molecule has 0 spiro atoms. The first kappa shape index (κ1) is 10.5. The molecule has 0 saturated carbocycles. The molecule has 1 fully saturated rings. The molecule has 2 rings (SSSR count). The number of rotatable bonds is 1. The number of nitrogens with one attached hydrogen (secondary N) is 1. The van der Waals surface area contributed by atoms with E-state index in [1.54, 1.807) is 0 Å².